The molecule has 1 aromatic heterocycles. The highest BCUT2D eigenvalue weighted by atomic mass is 16.5. The van der Waals surface area contributed by atoms with Gasteiger partial charge in [0, 0.05) is 6.54 Å². The Kier molecular flexibility index (Phi) is 5.40. The molecule has 1 heterocycles. The average molecular weight is 287 g/mol. The van der Waals surface area contributed by atoms with Crippen LogP contribution in [0, 0.1) is 0 Å². The lowest BCUT2D eigenvalue weighted by Crippen LogP contribution is -2.05. The summed E-state index contributed by atoms with van der Waals surface area (Å²) in [6, 6.07) is 11.4. The zero-order valence-corrected chi connectivity index (χ0v) is 12.2. The van der Waals surface area contributed by atoms with Crippen molar-refractivity contribution < 1.29 is 9.84 Å². The van der Waals surface area contributed by atoms with E-state index in [1.807, 2.05) is 37.3 Å². The third kappa shape index (κ3) is 4.36. The maximum atomic E-state index is 9.01. The summed E-state index contributed by atoms with van der Waals surface area (Å²) in [5.41, 5.74) is 8.39. The molecule has 0 aliphatic heterocycles. The van der Waals surface area contributed by atoms with Gasteiger partial charge in [-0.05, 0) is 29.7 Å². The smallest absolute Gasteiger partial charge is 0.239 e. The third-order valence-electron chi connectivity index (χ3n) is 3.01. The Bertz CT molecular complexity index is 570. The lowest BCUT2D eigenvalue weighted by molar-refractivity contribution is 0.282. The molecule has 0 amide bonds. The normalized spacial score (nSPS) is 10.4. The highest BCUT2D eigenvalue weighted by Gasteiger charge is 2.04. The minimum absolute atomic E-state index is 0.0609. The third-order valence-corrected chi connectivity index (χ3v) is 3.01. The second-order valence-electron chi connectivity index (χ2n) is 4.77. The van der Waals surface area contributed by atoms with Gasteiger partial charge in [-0.2, -0.15) is 4.98 Å². The lowest BCUT2D eigenvalue weighted by atomic mass is 10.1. The number of nitrogens with zero attached hydrogens (tertiary/aromatic N) is 1. The lowest BCUT2D eigenvalue weighted by Gasteiger charge is -2.10. The number of nitrogen functional groups attached to an aromatic ring is 1. The van der Waals surface area contributed by atoms with Crippen molar-refractivity contribution in [1.82, 2.24) is 4.98 Å². The first-order valence-electron chi connectivity index (χ1n) is 7.04. The van der Waals surface area contributed by atoms with Crippen LogP contribution in [0.4, 0.5) is 11.5 Å². The van der Waals surface area contributed by atoms with E-state index in [0.717, 1.165) is 23.4 Å². The first-order chi connectivity index (χ1) is 10.2. The van der Waals surface area contributed by atoms with Crippen LogP contribution >= 0.6 is 0 Å². The fourth-order valence-electron chi connectivity index (χ4n) is 1.82. The molecule has 2 aromatic rings. The van der Waals surface area contributed by atoms with Gasteiger partial charge in [-0.25, -0.2) is 0 Å². The second kappa shape index (κ2) is 7.50. The largest absolute Gasteiger partial charge is 0.476 e. The maximum absolute atomic E-state index is 9.01. The predicted molar refractivity (Wildman–Crippen MR) is 84.1 cm³/mol. The van der Waals surface area contributed by atoms with Gasteiger partial charge in [0.2, 0.25) is 5.88 Å². The standard InChI is InChI=1S/C16H21N3O2/c1-2-9-21-16-14(17)7-8-15(19-16)18-10-12-3-5-13(11-20)6-4-12/h3-8,20H,2,9-11,17H2,1H3,(H,18,19). The number of hydrogen-bond acceptors (Lipinski definition) is 5. The number of hydrogen-bond donors (Lipinski definition) is 3. The van der Waals surface area contributed by atoms with Crippen LogP contribution in [0.25, 0.3) is 0 Å². The van der Waals surface area contributed by atoms with Crippen molar-refractivity contribution in [1.29, 1.82) is 0 Å². The molecule has 0 aliphatic carbocycles. The van der Waals surface area contributed by atoms with Crippen LogP contribution in [0.5, 0.6) is 5.88 Å². The van der Waals surface area contributed by atoms with E-state index in [0.29, 0.717) is 24.7 Å². The summed E-state index contributed by atoms with van der Waals surface area (Å²) in [5.74, 6) is 1.19. The maximum Gasteiger partial charge on any atom is 0.239 e. The zero-order chi connectivity index (χ0) is 15.1. The highest BCUT2D eigenvalue weighted by Crippen LogP contribution is 2.21. The summed E-state index contributed by atoms with van der Waals surface area (Å²) >= 11 is 0. The molecule has 0 atom stereocenters. The van der Waals surface area contributed by atoms with Crippen LogP contribution in [-0.4, -0.2) is 16.7 Å². The molecule has 5 heteroatoms. The molecule has 112 valence electrons. The average Bonchev–Trinajstić information content (AvgIpc) is 2.53. The molecule has 0 saturated heterocycles. The van der Waals surface area contributed by atoms with Crippen molar-refractivity contribution >= 4 is 11.5 Å². The van der Waals surface area contributed by atoms with Crippen LogP contribution in [0.15, 0.2) is 36.4 Å². The van der Waals surface area contributed by atoms with E-state index in [4.69, 9.17) is 15.6 Å². The number of rotatable bonds is 7. The predicted octanol–water partition coefficient (Wildman–Crippen LogP) is 2.56. The van der Waals surface area contributed by atoms with Gasteiger partial charge < -0.3 is 20.9 Å². The van der Waals surface area contributed by atoms with Gasteiger partial charge >= 0.3 is 0 Å². The summed E-state index contributed by atoms with van der Waals surface area (Å²) < 4.78 is 5.51. The Labute approximate surface area is 124 Å². The van der Waals surface area contributed by atoms with Crippen molar-refractivity contribution in [2.45, 2.75) is 26.5 Å². The van der Waals surface area contributed by atoms with Crippen LogP contribution in [-0.2, 0) is 13.2 Å². The molecular formula is C16H21N3O2. The van der Waals surface area contributed by atoms with E-state index in [1.54, 1.807) is 6.07 Å². The van der Waals surface area contributed by atoms with Crippen molar-refractivity contribution in [2.24, 2.45) is 0 Å². The van der Waals surface area contributed by atoms with Crippen molar-refractivity contribution in [2.75, 3.05) is 17.7 Å². The SMILES string of the molecule is CCCOc1nc(NCc2ccc(CO)cc2)ccc1N. The Morgan fingerprint density at radius 1 is 1.14 bits per heavy atom. The summed E-state index contributed by atoms with van der Waals surface area (Å²) in [7, 11) is 0. The number of aliphatic hydroxyl groups is 1. The molecule has 21 heavy (non-hydrogen) atoms. The number of aromatic nitrogens is 1. The molecule has 0 fully saturated rings. The summed E-state index contributed by atoms with van der Waals surface area (Å²) in [6.45, 7) is 3.35. The molecule has 2 rings (SSSR count). The Balaban J connectivity index is 1.98. The molecule has 0 aliphatic rings. The van der Waals surface area contributed by atoms with Gasteiger partial charge in [0.25, 0.3) is 0 Å². The molecule has 1 aromatic carbocycles. The van der Waals surface area contributed by atoms with E-state index >= 15 is 0 Å². The van der Waals surface area contributed by atoms with Gasteiger partial charge in [-0.15, -0.1) is 0 Å². The van der Waals surface area contributed by atoms with Gasteiger partial charge in [-0.1, -0.05) is 31.2 Å². The first kappa shape index (κ1) is 15.1. The van der Waals surface area contributed by atoms with Crippen LogP contribution in [0.1, 0.15) is 24.5 Å². The number of aliphatic hydroxyl groups excluding tert-OH is 1. The number of pyridine rings is 1. The van der Waals surface area contributed by atoms with Crippen molar-refractivity contribution in [3.63, 3.8) is 0 Å². The fraction of sp³-hybridized carbons (Fsp3) is 0.312. The minimum atomic E-state index is 0.0609. The van der Waals surface area contributed by atoms with E-state index in [9.17, 15) is 0 Å². The summed E-state index contributed by atoms with van der Waals surface area (Å²) in [5, 5.41) is 12.2. The van der Waals surface area contributed by atoms with Crippen molar-refractivity contribution in [3.05, 3.63) is 47.5 Å². The number of ether oxygens (including phenoxy) is 1. The molecule has 4 N–H and O–H groups in total. The van der Waals surface area contributed by atoms with Gasteiger partial charge in [0.05, 0.1) is 18.9 Å². The highest BCUT2D eigenvalue weighted by molar-refractivity contribution is 5.53. The van der Waals surface area contributed by atoms with Crippen LogP contribution < -0.4 is 15.8 Å². The van der Waals surface area contributed by atoms with Crippen LogP contribution in [0.2, 0.25) is 0 Å². The molecule has 0 unspecified atom stereocenters. The fourth-order valence-corrected chi connectivity index (χ4v) is 1.82. The van der Waals surface area contributed by atoms with E-state index in [1.165, 1.54) is 0 Å². The van der Waals surface area contributed by atoms with Gasteiger partial charge in [0.1, 0.15) is 5.82 Å². The number of benzene rings is 1. The quantitative estimate of drug-likeness (QED) is 0.729. The van der Waals surface area contributed by atoms with E-state index in [2.05, 4.69) is 10.3 Å². The van der Waals surface area contributed by atoms with Gasteiger partial charge in [-0.3, -0.25) is 0 Å². The molecule has 0 radical (unpaired) electrons. The van der Waals surface area contributed by atoms with Gasteiger partial charge in [0.15, 0.2) is 0 Å². The molecule has 5 nitrogen and oxygen atoms in total. The second-order valence-corrected chi connectivity index (χ2v) is 4.77. The Morgan fingerprint density at radius 3 is 2.52 bits per heavy atom. The topological polar surface area (TPSA) is 80.4 Å². The number of nitrogens with two attached hydrogens (primary N) is 1. The molecule has 0 saturated carbocycles. The monoisotopic (exact) mass is 287 g/mol. The zero-order valence-electron chi connectivity index (χ0n) is 12.2. The van der Waals surface area contributed by atoms with E-state index in [-0.39, 0.29) is 6.61 Å². The van der Waals surface area contributed by atoms with Crippen molar-refractivity contribution in [3.8, 4) is 5.88 Å². The van der Waals surface area contributed by atoms with Crippen LogP contribution in [0.3, 0.4) is 0 Å². The molecular weight excluding hydrogens is 266 g/mol. The first-order valence-corrected chi connectivity index (χ1v) is 7.04. The Hall–Kier alpha value is -2.27. The molecule has 0 bridgehead atoms. The Morgan fingerprint density at radius 2 is 1.86 bits per heavy atom. The minimum Gasteiger partial charge on any atom is -0.476 e. The summed E-state index contributed by atoms with van der Waals surface area (Å²) in [6.07, 6.45) is 0.913. The summed E-state index contributed by atoms with van der Waals surface area (Å²) in [4.78, 5) is 4.36. The molecule has 0 spiro atoms. The number of nitrogens with one attached hydrogen (secondary N) is 1. The van der Waals surface area contributed by atoms with E-state index < -0.39 is 0 Å². The number of anilines is 2.